The Morgan fingerprint density at radius 2 is 2.03 bits per heavy atom. The zero-order chi connectivity index (χ0) is 20.8. The van der Waals surface area contributed by atoms with E-state index in [9.17, 15) is 4.79 Å². The third-order valence-corrected chi connectivity index (χ3v) is 6.57. The minimum atomic E-state index is 0.0330. The number of nitrogens with zero attached hydrogens (tertiary/aromatic N) is 4. The Labute approximate surface area is 181 Å². The molecular formula is C22H31N6OS+. The Morgan fingerprint density at radius 1 is 1.20 bits per heavy atom. The number of para-hydroxylation sites is 1. The van der Waals surface area contributed by atoms with Gasteiger partial charge in [0.15, 0.2) is 16.6 Å². The summed E-state index contributed by atoms with van der Waals surface area (Å²) in [6.45, 7) is 6.43. The third-order valence-electron chi connectivity index (χ3n) is 5.64. The van der Waals surface area contributed by atoms with Crippen molar-refractivity contribution in [2.75, 3.05) is 31.9 Å². The lowest BCUT2D eigenvalue weighted by atomic mass is 10.1. The lowest BCUT2D eigenvalue weighted by Crippen LogP contribution is -3.13. The maximum atomic E-state index is 12.2. The number of thioether (sulfide) groups is 1. The van der Waals surface area contributed by atoms with Crippen molar-refractivity contribution in [2.45, 2.75) is 50.6 Å². The smallest absolute Gasteiger partial charge is 0.230 e. The molecule has 1 aliphatic rings. The number of hydrogen-bond donors (Lipinski definition) is 2. The highest BCUT2D eigenvalue weighted by molar-refractivity contribution is 7.99. The molecule has 160 valence electrons. The van der Waals surface area contributed by atoms with E-state index in [4.69, 9.17) is 15.1 Å². The van der Waals surface area contributed by atoms with Gasteiger partial charge >= 0.3 is 0 Å². The zero-order valence-corrected chi connectivity index (χ0v) is 18.5. The van der Waals surface area contributed by atoms with E-state index in [1.165, 1.54) is 44.1 Å². The SMILES string of the molecule is CCCCNC(=O)CSc1nc2ccccc2c2nc(CC[NH+]3CCCCC3)nn12. The van der Waals surface area contributed by atoms with Crippen LogP contribution in [-0.2, 0) is 11.2 Å². The van der Waals surface area contributed by atoms with Gasteiger partial charge in [-0.05, 0) is 37.8 Å². The Kier molecular flexibility index (Phi) is 7.17. The molecule has 3 aromatic rings. The Bertz CT molecular complexity index is 998. The summed E-state index contributed by atoms with van der Waals surface area (Å²) >= 11 is 1.42. The number of quaternary nitrogens is 1. The van der Waals surface area contributed by atoms with Crippen molar-refractivity contribution in [2.24, 2.45) is 0 Å². The highest BCUT2D eigenvalue weighted by Crippen LogP contribution is 2.23. The summed E-state index contributed by atoms with van der Waals surface area (Å²) in [6, 6.07) is 8.02. The zero-order valence-electron chi connectivity index (χ0n) is 17.7. The predicted molar refractivity (Wildman–Crippen MR) is 120 cm³/mol. The third kappa shape index (κ3) is 5.10. The minimum absolute atomic E-state index is 0.0330. The number of hydrogen-bond acceptors (Lipinski definition) is 5. The molecule has 1 aliphatic heterocycles. The molecule has 1 saturated heterocycles. The summed E-state index contributed by atoms with van der Waals surface area (Å²) in [5, 5.41) is 9.46. The number of benzene rings is 1. The fourth-order valence-corrected chi connectivity index (χ4v) is 4.72. The molecule has 30 heavy (non-hydrogen) atoms. The lowest BCUT2D eigenvalue weighted by molar-refractivity contribution is -0.904. The monoisotopic (exact) mass is 427 g/mol. The van der Waals surface area contributed by atoms with Gasteiger partial charge in [-0.25, -0.2) is 9.97 Å². The first-order valence-corrected chi connectivity index (χ1v) is 12.1. The van der Waals surface area contributed by atoms with Crippen LogP contribution in [0.4, 0.5) is 0 Å². The maximum Gasteiger partial charge on any atom is 0.230 e. The average Bonchev–Trinajstić information content (AvgIpc) is 3.22. The maximum absolute atomic E-state index is 12.2. The Hall–Kier alpha value is -2.19. The highest BCUT2D eigenvalue weighted by atomic mass is 32.2. The number of aromatic nitrogens is 4. The molecule has 0 saturated carbocycles. The molecule has 0 radical (unpaired) electrons. The average molecular weight is 428 g/mol. The van der Waals surface area contributed by atoms with E-state index >= 15 is 0 Å². The van der Waals surface area contributed by atoms with Crippen molar-refractivity contribution in [3.63, 3.8) is 0 Å². The molecule has 0 unspecified atom stereocenters. The number of rotatable bonds is 9. The summed E-state index contributed by atoms with van der Waals surface area (Å²) in [6.07, 6.45) is 6.95. The minimum Gasteiger partial charge on any atom is -0.355 e. The first kappa shape index (κ1) is 21.1. The Balaban J connectivity index is 1.53. The summed E-state index contributed by atoms with van der Waals surface area (Å²) in [7, 11) is 0. The van der Waals surface area contributed by atoms with Crippen LogP contribution in [0.3, 0.4) is 0 Å². The molecule has 2 N–H and O–H groups in total. The molecular weight excluding hydrogens is 396 g/mol. The van der Waals surface area contributed by atoms with Crippen molar-refractivity contribution in [3.05, 3.63) is 30.1 Å². The molecule has 0 bridgehead atoms. The van der Waals surface area contributed by atoms with E-state index in [-0.39, 0.29) is 5.91 Å². The lowest BCUT2D eigenvalue weighted by Gasteiger charge is -2.22. The fraction of sp³-hybridized carbons (Fsp3) is 0.545. The van der Waals surface area contributed by atoms with Crippen LogP contribution in [0.25, 0.3) is 16.6 Å². The fourth-order valence-electron chi connectivity index (χ4n) is 3.95. The molecule has 3 heterocycles. The van der Waals surface area contributed by atoms with Gasteiger partial charge < -0.3 is 10.2 Å². The van der Waals surface area contributed by atoms with Crippen LogP contribution in [0.15, 0.2) is 29.4 Å². The van der Waals surface area contributed by atoms with Crippen molar-refractivity contribution < 1.29 is 9.69 Å². The number of piperidine rings is 1. The number of carbonyl (C=O) groups excluding carboxylic acids is 1. The van der Waals surface area contributed by atoms with Gasteiger partial charge in [-0.3, -0.25) is 4.79 Å². The van der Waals surface area contributed by atoms with Gasteiger partial charge in [0.2, 0.25) is 5.91 Å². The van der Waals surface area contributed by atoms with Gasteiger partial charge in [0.05, 0.1) is 37.3 Å². The van der Waals surface area contributed by atoms with E-state index in [1.54, 1.807) is 4.90 Å². The van der Waals surface area contributed by atoms with Gasteiger partial charge in [-0.2, -0.15) is 4.52 Å². The van der Waals surface area contributed by atoms with Gasteiger partial charge in [0.25, 0.3) is 0 Å². The van der Waals surface area contributed by atoms with Crippen LogP contribution in [0.1, 0.15) is 44.9 Å². The topological polar surface area (TPSA) is 76.6 Å². The van der Waals surface area contributed by atoms with Crippen LogP contribution in [0, 0.1) is 0 Å². The van der Waals surface area contributed by atoms with Crippen LogP contribution >= 0.6 is 11.8 Å². The van der Waals surface area contributed by atoms with Crippen LogP contribution in [0.2, 0.25) is 0 Å². The van der Waals surface area contributed by atoms with E-state index in [0.717, 1.165) is 59.9 Å². The second-order valence-corrected chi connectivity index (χ2v) is 8.92. The molecule has 7 nitrogen and oxygen atoms in total. The summed E-state index contributed by atoms with van der Waals surface area (Å²) in [5.41, 5.74) is 1.72. The summed E-state index contributed by atoms with van der Waals surface area (Å²) in [5.74, 6) is 1.23. The Morgan fingerprint density at radius 3 is 2.87 bits per heavy atom. The molecule has 4 rings (SSSR count). The molecule has 0 atom stereocenters. The van der Waals surface area contributed by atoms with Crippen LogP contribution in [0.5, 0.6) is 0 Å². The quantitative estimate of drug-likeness (QED) is 0.310. The largest absolute Gasteiger partial charge is 0.355 e. The first-order chi connectivity index (χ1) is 14.7. The van der Waals surface area contributed by atoms with E-state index in [0.29, 0.717) is 5.75 Å². The summed E-state index contributed by atoms with van der Waals surface area (Å²) in [4.78, 5) is 23.5. The molecule has 0 aliphatic carbocycles. The van der Waals surface area contributed by atoms with E-state index in [1.807, 2.05) is 28.8 Å². The standard InChI is InChI=1S/C22H30N6OS/c1-2-3-12-23-20(29)16-30-22-24-18-10-6-5-9-17(18)21-25-19(26-28(21)22)11-15-27-13-7-4-8-14-27/h5-6,9-10H,2-4,7-8,11-16H2,1H3,(H,23,29)/p+1. The molecule has 2 aromatic heterocycles. The first-order valence-electron chi connectivity index (χ1n) is 11.1. The van der Waals surface area contributed by atoms with Gasteiger partial charge in [0.1, 0.15) is 0 Å². The van der Waals surface area contributed by atoms with Crippen molar-refractivity contribution >= 4 is 34.2 Å². The number of carbonyl (C=O) groups is 1. The molecule has 1 amide bonds. The highest BCUT2D eigenvalue weighted by Gasteiger charge is 2.18. The van der Waals surface area contributed by atoms with Crippen LogP contribution in [-0.4, -0.2) is 57.4 Å². The molecule has 8 heteroatoms. The van der Waals surface area contributed by atoms with Crippen LogP contribution < -0.4 is 10.2 Å². The van der Waals surface area contributed by atoms with E-state index in [2.05, 4.69) is 12.2 Å². The van der Waals surface area contributed by atoms with Gasteiger partial charge in [-0.1, -0.05) is 37.2 Å². The van der Waals surface area contributed by atoms with Crippen molar-refractivity contribution in [3.8, 4) is 0 Å². The van der Waals surface area contributed by atoms with Crippen molar-refractivity contribution in [1.29, 1.82) is 0 Å². The van der Waals surface area contributed by atoms with Crippen molar-refractivity contribution in [1.82, 2.24) is 24.9 Å². The number of nitrogens with one attached hydrogen (secondary N) is 2. The second-order valence-electron chi connectivity index (χ2n) is 7.98. The molecule has 0 spiro atoms. The normalized spacial score (nSPS) is 15.1. The predicted octanol–water partition coefficient (Wildman–Crippen LogP) is 1.90. The number of likely N-dealkylation sites (tertiary alicyclic amines) is 1. The summed E-state index contributed by atoms with van der Waals surface area (Å²) < 4.78 is 1.83. The number of amides is 1. The second kappa shape index (κ2) is 10.2. The van der Waals surface area contributed by atoms with Gasteiger partial charge in [0, 0.05) is 11.9 Å². The van der Waals surface area contributed by atoms with Gasteiger partial charge in [-0.15, -0.1) is 5.10 Å². The number of unbranched alkanes of at least 4 members (excludes halogenated alkanes) is 1. The number of fused-ring (bicyclic) bond motifs is 3. The molecule has 1 aromatic carbocycles. The van der Waals surface area contributed by atoms with E-state index < -0.39 is 0 Å². The molecule has 1 fully saturated rings.